The summed E-state index contributed by atoms with van der Waals surface area (Å²) in [5.41, 5.74) is 2.24. The highest BCUT2D eigenvalue weighted by Crippen LogP contribution is 2.32. The van der Waals surface area contributed by atoms with Gasteiger partial charge in [-0.05, 0) is 76.5 Å². The van der Waals surface area contributed by atoms with Gasteiger partial charge in [0.1, 0.15) is 11.0 Å². The molecular weight excluding hydrogens is 609 g/mol. The van der Waals surface area contributed by atoms with E-state index in [0.29, 0.717) is 38.0 Å². The molecule has 11 heteroatoms. The van der Waals surface area contributed by atoms with Gasteiger partial charge in [0.15, 0.2) is 5.13 Å². The van der Waals surface area contributed by atoms with Gasteiger partial charge in [0, 0.05) is 45.5 Å². The van der Waals surface area contributed by atoms with Crippen LogP contribution in [0.4, 0.5) is 9.93 Å². The third-order valence-corrected chi connectivity index (χ3v) is 8.56. The molecule has 2 heterocycles. The molecule has 1 saturated carbocycles. The highest BCUT2D eigenvalue weighted by Gasteiger charge is 2.23. The number of carbonyl (C=O) groups is 1. The van der Waals surface area contributed by atoms with Crippen LogP contribution in [0.25, 0.3) is 10.2 Å². The average molecular weight is 665 g/mol. The number of hydrogen-bond acceptors (Lipinski definition) is 7. The standard InChI is InChI=1S/C18H26N4O3S2.C7H8.C5H10O.C2H6O.C2H6/c1-12(2)11-22(9-3-8-19-18(23)24)27(25)14-6-7-15-16(10-14)26-17(21-15)20-13-4-5-13;1-7-5-3-2-4-6-7;1-2-4-6-5-3-1;1-2-3;1-2/h6-7,10,12-13,19H,3-5,8-9,11H2,1-2H3,(H,20,21)(H,23,24);2-6H,1H3;1-5H2;3H,2H2,1H3;1-2H3. The largest absolute Gasteiger partial charge is 0.465 e. The number of fused-ring (bicyclic) bond motifs is 1. The van der Waals surface area contributed by atoms with Crippen LogP contribution < -0.4 is 10.6 Å². The first-order valence-electron chi connectivity index (χ1n) is 16.2. The Kier molecular flexibility index (Phi) is 22.1. The summed E-state index contributed by atoms with van der Waals surface area (Å²) >= 11 is 1.60. The number of thiazole rings is 1. The number of hydrogen-bond donors (Lipinski definition) is 4. The first-order chi connectivity index (χ1) is 21.7. The number of nitrogens with one attached hydrogen (secondary N) is 2. The van der Waals surface area contributed by atoms with Gasteiger partial charge in [-0.15, -0.1) is 0 Å². The van der Waals surface area contributed by atoms with Crippen LogP contribution in [0.5, 0.6) is 0 Å². The first-order valence-corrected chi connectivity index (χ1v) is 18.2. The van der Waals surface area contributed by atoms with Gasteiger partial charge in [-0.3, -0.25) is 0 Å². The van der Waals surface area contributed by atoms with E-state index in [1.165, 1.54) is 37.7 Å². The number of nitrogens with zero attached hydrogens (tertiary/aromatic N) is 2. The predicted molar refractivity (Wildman–Crippen MR) is 190 cm³/mol. The van der Waals surface area contributed by atoms with E-state index in [9.17, 15) is 9.00 Å². The second-order valence-electron chi connectivity index (χ2n) is 10.8. The van der Waals surface area contributed by atoms with E-state index in [2.05, 4.69) is 48.5 Å². The van der Waals surface area contributed by atoms with Gasteiger partial charge >= 0.3 is 6.09 Å². The van der Waals surface area contributed by atoms with Crippen LogP contribution in [0.15, 0.2) is 53.4 Å². The van der Waals surface area contributed by atoms with Gasteiger partial charge < -0.3 is 25.6 Å². The average Bonchev–Trinajstić information content (AvgIpc) is 3.76. The molecule has 254 valence electrons. The second kappa shape index (κ2) is 24.6. The molecule has 1 aromatic heterocycles. The summed E-state index contributed by atoms with van der Waals surface area (Å²) in [4.78, 5) is 15.9. The van der Waals surface area contributed by atoms with Crippen LogP contribution >= 0.6 is 11.3 Å². The van der Waals surface area contributed by atoms with Crippen LogP contribution in [0.3, 0.4) is 0 Å². The molecule has 5 rings (SSSR count). The summed E-state index contributed by atoms with van der Waals surface area (Å²) < 4.78 is 21.1. The van der Waals surface area contributed by atoms with E-state index < -0.39 is 17.1 Å². The Morgan fingerprint density at radius 2 is 1.76 bits per heavy atom. The van der Waals surface area contributed by atoms with E-state index in [1.54, 1.807) is 18.3 Å². The van der Waals surface area contributed by atoms with Crippen molar-refractivity contribution in [3.63, 3.8) is 0 Å². The third-order valence-electron chi connectivity index (χ3n) is 6.15. The number of aliphatic hydroxyl groups excluding tert-OH is 1. The molecule has 2 aromatic carbocycles. The summed E-state index contributed by atoms with van der Waals surface area (Å²) in [5.74, 6) is 0.364. The molecule has 0 spiro atoms. The zero-order valence-corrected chi connectivity index (χ0v) is 29.7. The van der Waals surface area contributed by atoms with Crippen molar-refractivity contribution >= 4 is 43.8 Å². The van der Waals surface area contributed by atoms with Gasteiger partial charge in [-0.1, -0.05) is 74.9 Å². The molecule has 0 bridgehead atoms. The minimum absolute atomic E-state index is 0.250. The second-order valence-corrected chi connectivity index (χ2v) is 13.3. The highest BCUT2D eigenvalue weighted by atomic mass is 32.2. The molecule has 1 amide bonds. The monoisotopic (exact) mass is 664 g/mol. The SMILES string of the molecule is C1CCOCC1.CC.CC(C)CN(CCCNC(=O)O)S(=O)c1ccc2nc(NC3CC3)sc2c1.CCO.Cc1ccccc1. The van der Waals surface area contributed by atoms with Gasteiger partial charge in [0.05, 0.1) is 15.1 Å². The van der Waals surface area contributed by atoms with Crippen LogP contribution in [0.1, 0.15) is 78.7 Å². The Labute approximate surface area is 277 Å². The quantitative estimate of drug-likeness (QED) is 0.164. The molecule has 1 atom stereocenters. The molecule has 1 aliphatic carbocycles. The third kappa shape index (κ3) is 18.9. The number of aryl methyl sites for hydroxylation is 1. The van der Waals surface area contributed by atoms with Crippen molar-refractivity contribution in [2.24, 2.45) is 5.92 Å². The smallest absolute Gasteiger partial charge is 0.404 e. The first kappa shape index (κ1) is 40.5. The van der Waals surface area contributed by atoms with Crippen LogP contribution in [0.2, 0.25) is 0 Å². The van der Waals surface area contributed by atoms with Gasteiger partial charge in [0.2, 0.25) is 0 Å². The Balaban J connectivity index is 0.000000455. The van der Waals surface area contributed by atoms with E-state index in [4.69, 9.17) is 14.9 Å². The molecular formula is C34H56N4O5S2. The molecule has 1 saturated heterocycles. The lowest BCUT2D eigenvalue weighted by Gasteiger charge is -2.23. The number of carboxylic acid groups (broad SMARTS) is 1. The van der Waals surface area contributed by atoms with Crippen molar-refractivity contribution in [3.05, 3.63) is 54.1 Å². The fourth-order valence-electron chi connectivity index (χ4n) is 3.95. The lowest BCUT2D eigenvalue weighted by Crippen LogP contribution is -2.33. The molecule has 1 aliphatic heterocycles. The fourth-order valence-corrected chi connectivity index (χ4v) is 6.43. The van der Waals surface area contributed by atoms with E-state index in [0.717, 1.165) is 33.5 Å². The maximum atomic E-state index is 13.1. The Bertz CT molecular complexity index is 1190. The van der Waals surface area contributed by atoms with Crippen molar-refractivity contribution in [1.82, 2.24) is 14.6 Å². The predicted octanol–water partition coefficient (Wildman–Crippen LogP) is 7.72. The molecule has 2 aliphatic rings. The van der Waals surface area contributed by atoms with Crippen molar-refractivity contribution in [2.45, 2.75) is 91.0 Å². The highest BCUT2D eigenvalue weighted by molar-refractivity contribution is 7.82. The van der Waals surface area contributed by atoms with Crippen LogP contribution in [0, 0.1) is 12.8 Å². The van der Waals surface area contributed by atoms with Gasteiger partial charge in [-0.25, -0.2) is 18.3 Å². The lowest BCUT2D eigenvalue weighted by atomic mass is 10.2. The molecule has 0 radical (unpaired) electrons. The molecule has 3 aromatic rings. The number of aromatic nitrogens is 1. The molecule has 1 unspecified atom stereocenters. The van der Waals surface area contributed by atoms with Crippen LogP contribution in [-0.2, 0) is 15.7 Å². The number of benzene rings is 2. The summed E-state index contributed by atoms with van der Waals surface area (Å²) in [7, 11) is -1.28. The topological polar surface area (TPSA) is 124 Å². The minimum Gasteiger partial charge on any atom is -0.465 e. The summed E-state index contributed by atoms with van der Waals surface area (Å²) in [6.45, 7) is 15.8. The summed E-state index contributed by atoms with van der Waals surface area (Å²) in [5, 5.41) is 22.9. The zero-order valence-electron chi connectivity index (χ0n) is 28.1. The van der Waals surface area contributed by atoms with Crippen LogP contribution in [-0.4, -0.2) is 75.3 Å². The molecule has 45 heavy (non-hydrogen) atoms. The summed E-state index contributed by atoms with van der Waals surface area (Å²) in [6, 6.07) is 16.6. The maximum absolute atomic E-state index is 13.1. The minimum atomic E-state index is -1.28. The number of rotatable bonds is 10. The molecule has 2 fully saturated rings. The Hall–Kier alpha value is -2.57. The van der Waals surface area contributed by atoms with Crippen molar-refractivity contribution in [3.8, 4) is 0 Å². The number of ether oxygens (including phenoxy) is 1. The zero-order chi connectivity index (χ0) is 33.5. The van der Waals surface area contributed by atoms with Crippen molar-refractivity contribution < 1.29 is 24.0 Å². The van der Waals surface area contributed by atoms with E-state index in [1.807, 2.05) is 54.6 Å². The molecule has 9 nitrogen and oxygen atoms in total. The maximum Gasteiger partial charge on any atom is 0.404 e. The van der Waals surface area contributed by atoms with Crippen molar-refractivity contribution in [1.29, 1.82) is 0 Å². The fraction of sp³-hybridized carbons (Fsp3) is 0.588. The van der Waals surface area contributed by atoms with Gasteiger partial charge in [0.25, 0.3) is 0 Å². The normalized spacial score (nSPS) is 14.3. The number of amides is 1. The Morgan fingerprint density at radius 3 is 2.22 bits per heavy atom. The lowest BCUT2D eigenvalue weighted by molar-refractivity contribution is 0.0968. The van der Waals surface area contributed by atoms with Gasteiger partial charge in [-0.2, -0.15) is 0 Å². The Morgan fingerprint density at radius 1 is 1.11 bits per heavy atom. The summed E-state index contributed by atoms with van der Waals surface area (Å²) in [6.07, 6.45) is 5.92. The number of aliphatic hydroxyl groups is 1. The molecule has 4 N–H and O–H groups in total. The van der Waals surface area contributed by atoms with Crippen molar-refractivity contribution in [2.75, 3.05) is 44.8 Å². The van der Waals surface area contributed by atoms with E-state index in [-0.39, 0.29) is 6.61 Å². The van der Waals surface area contributed by atoms with E-state index >= 15 is 0 Å². The number of anilines is 1.